The second-order valence-corrected chi connectivity index (χ2v) is 10.2. The number of unbranched alkanes of at least 4 members (excludes halogenated alkanes) is 1. The fraction of sp³-hybridized carbons (Fsp3) is 0.600. The van der Waals surface area contributed by atoms with Crippen LogP contribution in [0.5, 0.6) is 0 Å². The summed E-state index contributed by atoms with van der Waals surface area (Å²) in [6.07, 6.45) is 5.53. The van der Waals surface area contributed by atoms with Crippen LogP contribution in [0.3, 0.4) is 0 Å². The maximum Gasteiger partial charge on any atom is 0.222 e. The Morgan fingerprint density at radius 2 is 2.00 bits per heavy atom. The highest BCUT2D eigenvalue weighted by Gasteiger charge is 2.24. The molecule has 3 heterocycles. The highest BCUT2D eigenvalue weighted by atomic mass is 33.1. The predicted molar refractivity (Wildman–Crippen MR) is 116 cm³/mol. The van der Waals surface area contributed by atoms with Crippen LogP contribution in [0.25, 0.3) is 11.0 Å². The van der Waals surface area contributed by atoms with Crippen LogP contribution in [0.1, 0.15) is 32.1 Å². The molecule has 0 unspecified atom stereocenters. The first-order valence-electron chi connectivity index (χ1n) is 9.95. The molecule has 0 radical (unpaired) electrons. The van der Waals surface area contributed by atoms with Gasteiger partial charge in [0.1, 0.15) is 0 Å². The van der Waals surface area contributed by atoms with Crippen LogP contribution in [0, 0.1) is 0 Å². The third kappa shape index (κ3) is 4.40. The van der Waals surface area contributed by atoms with E-state index in [4.69, 9.17) is 4.98 Å². The fourth-order valence-electron chi connectivity index (χ4n) is 3.94. The summed E-state index contributed by atoms with van der Waals surface area (Å²) in [6, 6.07) is 8.24. The number of aromatic nitrogens is 2. The highest BCUT2D eigenvalue weighted by Crippen LogP contribution is 2.39. The summed E-state index contributed by atoms with van der Waals surface area (Å²) in [5.41, 5.74) is 2.19. The minimum absolute atomic E-state index is 0.327. The number of benzene rings is 1. The lowest BCUT2D eigenvalue weighted by molar-refractivity contribution is -0.131. The molecule has 0 spiro atoms. The zero-order valence-corrected chi connectivity index (χ0v) is 17.6. The van der Waals surface area contributed by atoms with Crippen LogP contribution in [-0.2, 0) is 11.8 Å². The summed E-state index contributed by atoms with van der Waals surface area (Å²) in [6.45, 7) is 3.33. The smallest absolute Gasteiger partial charge is 0.222 e. The molecule has 2 aliphatic heterocycles. The minimum Gasteiger partial charge on any atom is -0.339 e. The molecule has 1 aromatic carbocycles. The minimum atomic E-state index is 0.327. The van der Waals surface area contributed by atoms with E-state index < -0.39 is 0 Å². The topological polar surface area (TPSA) is 41.4 Å². The standard InChI is InChI=1S/C20H28N4OS2/c1-22-18-8-4-3-7-17(18)21-20(22)24-13-11-23(12-14-24)19(25)9-5-2-6-16-10-15-26-27-16/h3-4,7-8,16H,2,5-6,9-15H2,1H3/t16-/m0/s1. The molecule has 2 aliphatic rings. The summed E-state index contributed by atoms with van der Waals surface area (Å²) < 4.78 is 2.16. The predicted octanol–water partition coefficient (Wildman–Crippen LogP) is 3.94. The molecule has 1 amide bonds. The summed E-state index contributed by atoms with van der Waals surface area (Å²) in [5.74, 6) is 2.63. The Morgan fingerprint density at radius 1 is 1.19 bits per heavy atom. The van der Waals surface area contributed by atoms with E-state index in [-0.39, 0.29) is 0 Å². The lowest BCUT2D eigenvalue weighted by Gasteiger charge is -2.35. The fourth-order valence-corrected chi connectivity index (χ4v) is 6.97. The van der Waals surface area contributed by atoms with Crippen LogP contribution in [0.15, 0.2) is 24.3 Å². The van der Waals surface area contributed by atoms with Crippen molar-refractivity contribution >= 4 is 44.5 Å². The number of carbonyl (C=O) groups is 1. The van der Waals surface area contributed by atoms with Crippen molar-refractivity contribution in [3.05, 3.63) is 24.3 Å². The van der Waals surface area contributed by atoms with Crippen molar-refractivity contribution in [1.82, 2.24) is 14.5 Å². The van der Waals surface area contributed by atoms with E-state index >= 15 is 0 Å². The number of fused-ring (bicyclic) bond motifs is 1. The molecule has 2 fully saturated rings. The van der Waals surface area contributed by atoms with Gasteiger partial charge in [-0.2, -0.15) is 0 Å². The molecule has 146 valence electrons. The molecule has 2 aromatic rings. The van der Waals surface area contributed by atoms with Gasteiger partial charge in [0.15, 0.2) is 0 Å². The first-order valence-corrected chi connectivity index (χ1v) is 12.3. The van der Waals surface area contributed by atoms with E-state index in [1.165, 1.54) is 25.0 Å². The van der Waals surface area contributed by atoms with Gasteiger partial charge in [0.2, 0.25) is 11.9 Å². The van der Waals surface area contributed by atoms with Crippen molar-refractivity contribution in [2.24, 2.45) is 7.05 Å². The van der Waals surface area contributed by atoms with Gasteiger partial charge in [-0.3, -0.25) is 4.79 Å². The van der Waals surface area contributed by atoms with Gasteiger partial charge in [-0.05, 0) is 31.4 Å². The molecule has 4 rings (SSSR count). The van der Waals surface area contributed by atoms with Gasteiger partial charge in [-0.25, -0.2) is 4.98 Å². The first-order chi connectivity index (χ1) is 13.2. The van der Waals surface area contributed by atoms with Crippen LogP contribution in [-0.4, -0.2) is 57.5 Å². The molecule has 2 saturated heterocycles. The Bertz CT molecular complexity index is 779. The molecule has 0 aliphatic carbocycles. The molecule has 1 atom stereocenters. The lowest BCUT2D eigenvalue weighted by Crippen LogP contribution is -2.49. The van der Waals surface area contributed by atoms with E-state index in [0.29, 0.717) is 12.3 Å². The lowest BCUT2D eigenvalue weighted by atomic mass is 10.1. The van der Waals surface area contributed by atoms with Crippen LogP contribution < -0.4 is 4.90 Å². The van der Waals surface area contributed by atoms with Crippen molar-refractivity contribution < 1.29 is 4.79 Å². The van der Waals surface area contributed by atoms with Crippen molar-refractivity contribution in [3.8, 4) is 0 Å². The zero-order chi connectivity index (χ0) is 18.6. The largest absolute Gasteiger partial charge is 0.339 e. The Balaban J connectivity index is 1.24. The second-order valence-electron chi connectivity index (χ2n) is 7.40. The van der Waals surface area contributed by atoms with Crippen LogP contribution in [0.4, 0.5) is 5.95 Å². The van der Waals surface area contributed by atoms with Gasteiger partial charge in [0, 0.05) is 50.7 Å². The molecule has 7 heteroatoms. The Kier molecular flexibility index (Phi) is 6.18. The molecule has 5 nitrogen and oxygen atoms in total. The molecule has 27 heavy (non-hydrogen) atoms. The third-order valence-corrected chi connectivity index (χ3v) is 8.58. The van der Waals surface area contributed by atoms with E-state index in [9.17, 15) is 4.79 Å². The van der Waals surface area contributed by atoms with E-state index in [1.54, 1.807) is 0 Å². The van der Waals surface area contributed by atoms with Crippen molar-refractivity contribution in [3.63, 3.8) is 0 Å². The number of para-hydroxylation sites is 2. The number of piperazine rings is 1. The Morgan fingerprint density at radius 3 is 2.74 bits per heavy atom. The number of anilines is 1. The average molecular weight is 405 g/mol. The molecule has 1 aromatic heterocycles. The Hall–Kier alpha value is -1.34. The number of carbonyl (C=O) groups excluding carboxylic acids is 1. The maximum absolute atomic E-state index is 12.5. The van der Waals surface area contributed by atoms with Crippen molar-refractivity contribution in [2.75, 3.05) is 36.8 Å². The van der Waals surface area contributed by atoms with Gasteiger partial charge in [-0.15, -0.1) is 0 Å². The number of rotatable bonds is 6. The van der Waals surface area contributed by atoms with E-state index in [2.05, 4.69) is 34.7 Å². The van der Waals surface area contributed by atoms with Crippen molar-refractivity contribution in [2.45, 2.75) is 37.4 Å². The first kappa shape index (κ1) is 19.0. The number of aryl methyl sites for hydroxylation is 1. The summed E-state index contributed by atoms with van der Waals surface area (Å²) in [5, 5.41) is 0.821. The van der Waals surface area contributed by atoms with Gasteiger partial charge in [0.25, 0.3) is 0 Å². The molecular weight excluding hydrogens is 376 g/mol. The second kappa shape index (κ2) is 8.78. The van der Waals surface area contributed by atoms with Crippen LogP contribution in [0.2, 0.25) is 0 Å². The van der Waals surface area contributed by atoms with Gasteiger partial charge in [0.05, 0.1) is 11.0 Å². The van der Waals surface area contributed by atoms with Gasteiger partial charge in [-0.1, -0.05) is 40.1 Å². The van der Waals surface area contributed by atoms with Crippen molar-refractivity contribution in [1.29, 1.82) is 0 Å². The quantitative estimate of drug-likeness (QED) is 0.539. The summed E-state index contributed by atoms with van der Waals surface area (Å²) in [7, 11) is 6.11. The maximum atomic E-state index is 12.5. The zero-order valence-electron chi connectivity index (χ0n) is 16.0. The number of hydrogen-bond donors (Lipinski definition) is 0. The van der Waals surface area contributed by atoms with Gasteiger partial charge >= 0.3 is 0 Å². The number of nitrogens with zero attached hydrogens (tertiary/aromatic N) is 4. The van der Waals surface area contributed by atoms with Gasteiger partial charge < -0.3 is 14.4 Å². The van der Waals surface area contributed by atoms with E-state index in [0.717, 1.165) is 54.8 Å². The summed E-state index contributed by atoms with van der Waals surface area (Å²) >= 11 is 0. The molecule has 0 bridgehead atoms. The molecule has 0 saturated carbocycles. The van der Waals surface area contributed by atoms with Crippen LogP contribution >= 0.6 is 21.6 Å². The Labute approximate surface area is 169 Å². The third-order valence-electron chi connectivity index (χ3n) is 5.57. The monoisotopic (exact) mass is 404 g/mol. The normalized spacial score (nSPS) is 20.6. The average Bonchev–Trinajstić information content (AvgIpc) is 3.34. The highest BCUT2D eigenvalue weighted by molar-refractivity contribution is 8.77. The SMILES string of the molecule is Cn1c(N2CCN(C(=O)CCCC[C@H]3CCSS3)CC2)nc2ccccc21. The molecule has 0 N–H and O–H groups in total. The van der Waals surface area contributed by atoms with E-state index in [1.807, 2.05) is 32.6 Å². The summed E-state index contributed by atoms with van der Waals surface area (Å²) in [4.78, 5) is 21.7. The number of amides is 1. The number of hydrogen-bond acceptors (Lipinski definition) is 5. The molecular formula is C20H28N4OS2. The number of imidazole rings is 1.